The van der Waals surface area contributed by atoms with E-state index in [0.717, 1.165) is 0 Å². The molecule has 0 radical (unpaired) electrons. The summed E-state index contributed by atoms with van der Waals surface area (Å²) in [5.41, 5.74) is 6.20. The number of halogens is 2. The second-order valence-electron chi connectivity index (χ2n) is 4.47. The highest BCUT2D eigenvalue weighted by molar-refractivity contribution is 6.44. The maximum absolute atomic E-state index is 12.3. The van der Waals surface area contributed by atoms with Crippen LogP contribution < -0.4 is 5.73 Å². The van der Waals surface area contributed by atoms with Gasteiger partial charge in [-0.1, -0.05) is 30.1 Å². The lowest BCUT2D eigenvalue weighted by Gasteiger charge is -2.21. The van der Waals surface area contributed by atoms with Crippen molar-refractivity contribution in [3.05, 3.63) is 27.7 Å². The minimum atomic E-state index is -0.441. The van der Waals surface area contributed by atoms with Gasteiger partial charge in [0.1, 0.15) is 0 Å². The van der Waals surface area contributed by atoms with E-state index >= 15 is 0 Å². The summed E-state index contributed by atoms with van der Waals surface area (Å²) in [6.07, 6.45) is 0. The Balaban J connectivity index is 2.93. The lowest BCUT2D eigenvalue weighted by molar-refractivity contribution is -0.145. The number of nitrogens with two attached hydrogens (primary N) is 1. The Morgan fingerprint density at radius 1 is 1.40 bits per heavy atom. The molecule has 5 nitrogen and oxygen atoms in total. The molecule has 0 fully saturated rings. The number of nitrogen functional groups attached to an aromatic ring is 1. The molecule has 1 amide bonds. The highest BCUT2D eigenvalue weighted by Crippen LogP contribution is 2.29. The summed E-state index contributed by atoms with van der Waals surface area (Å²) < 4.78 is 4.62. The summed E-state index contributed by atoms with van der Waals surface area (Å²) in [6, 6.07) is 2.92. The standard InChI is InChI=1S/C13H16Cl2N2O3/c1-7(13(19)20-3)6-17(2)12(18)9-4-8(16)5-10(14)11(9)15/h4-5,7H,6,16H2,1-3H3. The van der Waals surface area contributed by atoms with Gasteiger partial charge in [-0.25, -0.2) is 0 Å². The Labute approximate surface area is 127 Å². The molecule has 0 aliphatic carbocycles. The van der Waals surface area contributed by atoms with E-state index in [1.165, 1.54) is 24.1 Å². The molecule has 1 atom stereocenters. The number of carbonyl (C=O) groups is 2. The molecule has 1 unspecified atom stereocenters. The number of amides is 1. The summed E-state index contributed by atoms with van der Waals surface area (Å²) >= 11 is 11.9. The maximum Gasteiger partial charge on any atom is 0.310 e. The van der Waals surface area contributed by atoms with E-state index in [9.17, 15) is 9.59 Å². The molecule has 1 aromatic carbocycles. The van der Waals surface area contributed by atoms with Crippen LogP contribution in [0.5, 0.6) is 0 Å². The first-order valence-electron chi connectivity index (χ1n) is 5.85. The molecule has 0 saturated heterocycles. The Bertz CT molecular complexity index is 535. The number of hydrogen-bond acceptors (Lipinski definition) is 4. The van der Waals surface area contributed by atoms with Crippen LogP contribution in [0.15, 0.2) is 12.1 Å². The quantitative estimate of drug-likeness (QED) is 0.683. The Morgan fingerprint density at radius 2 is 2.00 bits per heavy atom. The highest BCUT2D eigenvalue weighted by atomic mass is 35.5. The molecule has 0 bridgehead atoms. The zero-order chi connectivity index (χ0) is 15.4. The lowest BCUT2D eigenvalue weighted by atomic mass is 10.1. The van der Waals surface area contributed by atoms with Gasteiger partial charge in [-0.15, -0.1) is 0 Å². The first-order valence-corrected chi connectivity index (χ1v) is 6.61. The van der Waals surface area contributed by atoms with Crippen molar-refractivity contribution in [1.29, 1.82) is 0 Å². The number of ether oxygens (including phenoxy) is 1. The molecule has 110 valence electrons. The summed E-state index contributed by atoms with van der Waals surface area (Å²) in [5, 5.41) is 0.355. The molecule has 1 aromatic rings. The monoisotopic (exact) mass is 318 g/mol. The smallest absolute Gasteiger partial charge is 0.310 e. The van der Waals surface area contributed by atoms with Crippen molar-refractivity contribution in [3.63, 3.8) is 0 Å². The molecule has 7 heteroatoms. The van der Waals surface area contributed by atoms with Crippen molar-refractivity contribution in [3.8, 4) is 0 Å². The normalized spacial score (nSPS) is 11.8. The SMILES string of the molecule is COC(=O)C(C)CN(C)C(=O)c1cc(N)cc(Cl)c1Cl. The molecule has 0 saturated carbocycles. The molecule has 20 heavy (non-hydrogen) atoms. The van der Waals surface area contributed by atoms with Gasteiger partial charge >= 0.3 is 5.97 Å². The van der Waals surface area contributed by atoms with Gasteiger partial charge in [0.15, 0.2) is 0 Å². The summed E-state index contributed by atoms with van der Waals surface area (Å²) in [7, 11) is 2.87. The third-order valence-electron chi connectivity index (χ3n) is 2.78. The second-order valence-corrected chi connectivity index (χ2v) is 5.26. The number of benzene rings is 1. The van der Waals surface area contributed by atoms with Crippen molar-refractivity contribution >= 4 is 40.8 Å². The second kappa shape index (κ2) is 6.81. The van der Waals surface area contributed by atoms with E-state index in [1.807, 2.05) is 0 Å². The van der Waals surface area contributed by atoms with Crippen molar-refractivity contribution in [2.24, 2.45) is 5.92 Å². The van der Waals surface area contributed by atoms with Gasteiger partial charge < -0.3 is 15.4 Å². The van der Waals surface area contributed by atoms with Gasteiger partial charge in [-0.05, 0) is 12.1 Å². The Morgan fingerprint density at radius 3 is 2.55 bits per heavy atom. The van der Waals surface area contributed by atoms with Crippen LogP contribution in [-0.2, 0) is 9.53 Å². The van der Waals surface area contributed by atoms with Crippen LogP contribution in [0.1, 0.15) is 17.3 Å². The molecule has 0 aliphatic heterocycles. The Hall–Kier alpha value is -1.46. The number of nitrogens with zero attached hydrogens (tertiary/aromatic N) is 1. The molecule has 0 aromatic heterocycles. The summed E-state index contributed by atoms with van der Waals surface area (Å²) in [5.74, 6) is -1.19. The zero-order valence-corrected chi connectivity index (χ0v) is 13.0. The molecule has 0 heterocycles. The lowest BCUT2D eigenvalue weighted by Crippen LogP contribution is -2.34. The van der Waals surface area contributed by atoms with Crippen LogP contribution in [0.3, 0.4) is 0 Å². The topological polar surface area (TPSA) is 72.6 Å². The van der Waals surface area contributed by atoms with Crippen molar-refractivity contribution < 1.29 is 14.3 Å². The van der Waals surface area contributed by atoms with Gasteiger partial charge in [-0.3, -0.25) is 9.59 Å². The first kappa shape index (κ1) is 16.6. The van der Waals surface area contributed by atoms with Gasteiger partial charge in [0.2, 0.25) is 0 Å². The third-order valence-corrected chi connectivity index (χ3v) is 3.58. The van der Waals surface area contributed by atoms with E-state index in [2.05, 4.69) is 4.74 Å². The minimum absolute atomic E-state index is 0.142. The predicted octanol–water partition coefficient (Wildman–Crippen LogP) is 2.46. The van der Waals surface area contributed by atoms with Crippen LogP contribution in [0.2, 0.25) is 10.0 Å². The van der Waals surface area contributed by atoms with E-state index in [0.29, 0.717) is 5.69 Å². The molecule has 2 N–H and O–H groups in total. The maximum atomic E-state index is 12.3. The number of anilines is 1. The molecular formula is C13H16Cl2N2O3. The fourth-order valence-corrected chi connectivity index (χ4v) is 2.16. The van der Waals surface area contributed by atoms with Crippen molar-refractivity contribution in [2.75, 3.05) is 26.4 Å². The van der Waals surface area contributed by atoms with E-state index < -0.39 is 5.92 Å². The van der Waals surface area contributed by atoms with Gasteiger partial charge in [0, 0.05) is 19.3 Å². The predicted molar refractivity (Wildman–Crippen MR) is 79.0 cm³/mol. The van der Waals surface area contributed by atoms with E-state index in [-0.39, 0.29) is 34.0 Å². The molecule has 0 aliphatic rings. The number of hydrogen-bond donors (Lipinski definition) is 1. The average Bonchev–Trinajstić information content (AvgIpc) is 2.40. The summed E-state index contributed by atoms with van der Waals surface area (Å²) in [6.45, 7) is 1.87. The van der Waals surface area contributed by atoms with E-state index in [1.54, 1.807) is 14.0 Å². The van der Waals surface area contributed by atoms with E-state index in [4.69, 9.17) is 28.9 Å². The van der Waals surface area contributed by atoms with Crippen molar-refractivity contribution in [1.82, 2.24) is 4.90 Å². The summed E-state index contributed by atoms with van der Waals surface area (Å²) in [4.78, 5) is 25.0. The molecule has 0 spiro atoms. The largest absolute Gasteiger partial charge is 0.469 e. The average molecular weight is 319 g/mol. The van der Waals surface area contributed by atoms with Crippen LogP contribution in [0, 0.1) is 5.92 Å². The third kappa shape index (κ3) is 3.77. The Kier molecular flexibility index (Phi) is 5.65. The number of rotatable bonds is 4. The van der Waals surface area contributed by atoms with Gasteiger partial charge in [0.05, 0.1) is 28.6 Å². The highest BCUT2D eigenvalue weighted by Gasteiger charge is 2.22. The van der Waals surface area contributed by atoms with Crippen LogP contribution in [-0.4, -0.2) is 37.5 Å². The van der Waals surface area contributed by atoms with Crippen molar-refractivity contribution in [2.45, 2.75) is 6.92 Å². The number of methoxy groups -OCH3 is 1. The fraction of sp³-hybridized carbons (Fsp3) is 0.385. The van der Waals surface area contributed by atoms with Crippen LogP contribution in [0.25, 0.3) is 0 Å². The zero-order valence-electron chi connectivity index (χ0n) is 11.4. The molecule has 1 rings (SSSR count). The first-order chi connectivity index (χ1) is 9.27. The van der Waals surface area contributed by atoms with Crippen LogP contribution in [0.4, 0.5) is 5.69 Å². The van der Waals surface area contributed by atoms with Crippen LogP contribution >= 0.6 is 23.2 Å². The number of esters is 1. The fourth-order valence-electron chi connectivity index (χ4n) is 1.74. The molecular weight excluding hydrogens is 303 g/mol. The van der Waals surface area contributed by atoms with Gasteiger partial charge in [-0.2, -0.15) is 0 Å². The minimum Gasteiger partial charge on any atom is -0.469 e. The number of carbonyl (C=O) groups excluding carboxylic acids is 2. The van der Waals surface area contributed by atoms with Gasteiger partial charge in [0.25, 0.3) is 5.91 Å².